The molecule has 0 N–H and O–H groups in total. The molecule has 1 rings (SSSR count). The van der Waals surface area contributed by atoms with Gasteiger partial charge in [0.05, 0.1) is 33.6 Å². The average Bonchev–Trinajstić information content (AvgIpc) is 2.11. The zero-order valence-electron chi connectivity index (χ0n) is 7.05. The van der Waals surface area contributed by atoms with Crippen LogP contribution in [0.4, 0.5) is 0 Å². The fourth-order valence-corrected chi connectivity index (χ4v) is 1.46. The minimum atomic E-state index is 0.443. The number of rotatable bonds is 1. The molecule has 1 atom stereocenters. The molecule has 1 saturated carbocycles. The first kappa shape index (κ1) is 7.73. The van der Waals surface area contributed by atoms with Gasteiger partial charge < -0.3 is 4.48 Å². The molecule has 0 heterocycles. The van der Waals surface area contributed by atoms with E-state index in [-0.39, 0.29) is 0 Å². The molecule has 0 aromatic rings. The number of ketones is 1. The van der Waals surface area contributed by atoms with Crippen LogP contribution in [0.25, 0.3) is 0 Å². The molecule has 2 heteroatoms. The number of carbonyl (C=O) groups is 1. The van der Waals surface area contributed by atoms with E-state index in [1.807, 2.05) is 0 Å². The Bertz CT molecular complexity index is 146. The van der Waals surface area contributed by atoms with Crippen LogP contribution in [0, 0.1) is 0 Å². The van der Waals surface area contributed by atoms with E-state index in [9.17, 15) is 4.79 Å². The van der Waals surface area contributed by atoms with Gasteiger partial charge in [0.1, 0.15) is 5.78 Å². The van der Waals surface area contributed by atoms with Crippen LogP contribution in [0.1, 0.15) is 19.3 Å². The molecule has 1 aliphatic carbocycles. The fourth-order valence-electron chi connectivity index (χ4n) is 1.46. The Morgan fingerprint density at radius 2 is 2.00 bits per heavy atom. The number of hydrogen-bond donors (Lipinski definition) is 0. The molecule has 1 aliphatic rings. The van der Waals surface area contributed by atoms with E-state index in [2.05, 4.69) is 21.1 Å². The Morgan fingerprint density at radius 1 is 1.40 bits per heavy atom. The summed E-state index contributed by atoms with van der Waals surface area (Å²) in [4.78, 5) is 10.9. The molecule has 0 aromatic carbocycles. The molecule has 0 bridgehead atoms. The molecule has 0 aliphatic heterocycles. The zero-order valence-corrected chi connectivity index (χ0v) is 7.05. The van der Waals surface area contributed by atoms with Crippen molar-refractivity contribution in [3.63, 3.8) is 0 Å². The van der Waals surface area contributed by atoms with E-state index in [0.29, 0.717) is 11.8 Å². The third kappa shape index (κ3) is 1.57. The maximum atomic E-state index is 10.9. The van der Waals surface area contributed by atoms with Gasteiger partial charge in [-0.1, -0.05) is 0 Å². The number of Topliss-reactive ketones (excluding diaryl/α,β-unsaturated/α-hetero) is 1. The molecule has 1 unspecified atom stereocenters. The quantitative estimate of drug-likeness (QED) is 0.495. The first-order valence-corrected chi connectivity index (χ1v) is 3.83. The standard InChI is InChI=1S/C8H16NO/c1-9(2,3)7-4-5-8(10)6-7/h7H,4-6H2,1-3H3/q+1. The molecule has 1 fully saturated rings. The summed E-state index contributed by atoms with van der Waals surface area (Å²) in [6, 6.07) is 0.576. The number of nitrogens with zero attached hydrogens (tertiary/aromatic N) is 1. The first-order valence-electron chi connectivity index (χ1n) is 3.83. The predicted octanol–water partition coefficient (Wildman–Crippen LogP) is 0.814. The first-order chi connectivity index (χ1) is 4.50. The van der Waals surface area contributed by atoms with Crippen molar-refractivity contribution in [1.82, 2.24) is 0 Å². The lowest BCUT2D eigenvalue weighted by Crippen LogP contribution is -2.43. The molecule has 58 valence electrons. The van der Waals surface area contributed by atoms with Gasteiger partial charge in [0.2, 0.25) is 0 Å². The van der Waals surface area contributed by atoms with Gasteiger partial charge in [0, 0.05) is 12.8 Å². The van der Waals surface area contributed by atoms with Crippen molar-refractivity contribution in [1.29, 1.82) is 0 Å². The second kappa shape index (κ2) is 2.35. The third-order valence-electron chi connectivity index (χ3n) is 2.32. The zero-order chi connectivity index (χ0) is 7.78. The van der Waals surface area contributed by atoms with Gasteiger partial charge in [-0.25, -0.2) is 0 Å². The summed E-state index contributed by atoms with van der Waals surface area (Å²) in [5.41, 5.74) is 0. The minimum absolute atomic E-state index is 0.443. The highest BCUT2D eigenvalue weighted by molar-refractivity contribution is 5.80. The molecule has 0 amide bonds. The molecule has 0 radical (unpaired) electrons. The average molecular weight is 142 g/mol. The number of quaternary nitrogens is 1. The molecular formula is C8H16NO+. The van der Waals surface area contributed by atoms with Gasteiger partial charge >= 0.3 is 0 Å². The highest BCUT2D eigenvalue weighted by atomic mass is 16.1. The van der Waals surface area contributed by atoms with Crippen LogP contribution < -0.4 is 0 Å². The van der Waals surface area contributed by atoms with Crippen molar-refractivity contribution in [3.05, 3.63) is 0 Å². The van der Waals surface area contributed by atoms with E-state index < -0.39 is 0 Å². The van der Waals surface area contributed by atoms with E-state index >= 15 is 0 Å². The summed E-state index contributed by atoms with van der Waals surface area (Å²) in [7, 11) is 6.47. The van der Waals surface area contributed by atoms with Gasteiger partial charge in [-0.05, 0) is 0 Å². The van der Waals surface area contributed by atoms with Crippen LogP contribution in [-0.4, -0.2) is 37.5 Å². The van der Waals surface area contributed by atoms with Gasteiger partial charge in [-0.3, -0.25) is 4.79 Å². The highest BCUT2D eigenvalue weighted by Gasteiger charge is 2.31. The van der Waals surface area contributed by atoms with Gasteiger partial charge in [-0.2, -0.15) is 0 Å². The Balaban J connectivity index is 2.53. The molecule has 0 aromatic heterocycles. The predicted molar refractivity (Wildman–Crippen MR) is 40.7 cm³/mol. The van der Waals surface area contributed by atoms with E-state index in [1.54, 1.807) is 0 Å². The van der Waals surface area contributed by atoms with Crippen LogP contribution in [0.3, 0.4) is 0 Å². The number of hydrogen-bond acceptors (Lipinski definition) is 1. The van der Waals surface area contributed by atoms with Crippen molar-refractivity contribution in [2.75, 3.05) is 21.1 Å². The summed E-state index contributed by atoms with van der Waals surface area (Å²) >= 11 is 0. The molecule has 0 spiro atoms. The summed E-state index contributed by atoms with van der Waals surface area (Å²) < 4.78 is 0.936. The second-order valence-corrected chi connectivity index (χ2v) is 4.05. The molecular weight excluding hydrogens is 126 g/mol. The number of carbonyl (C=O) groups excluding carboxylic acids is 1. The summed E-state index contributed by atoms with van der Waals surface area (Å²) in [6.07, 6.45) is 2.69. The van der Waals surface area contributed by atoms with Crippen molar-refractivity contribution in [2.24, 2.45) is 0 Å². The molecule has 0 saturated heterocycles. The topological polar surface area (TPSA) is 17.1 Å². The monoisotopic (exact) mass is 142 g/mol. The van der Waals surface area contributed by atoms with Crippen molar-refractivity contribution in [3.8, 4) is 0 Å². The SMILES string of the molecule is C[N+](C)(C)C1CCC(=O)C1. The maximum Gasteiger partial charge on any atom is 0.139 e. The minimum Gasteiger partial charge on any atom is -0.328 e. The van der Waals surface area contributed by atoms with Gasteiger partial charge in [0.25, 0.3) is 0 Å². The second-order valence-electron chi connectivity index (χ2n) is 4.05. The Labute approximate surface area is 62.4 Å². The van der Waals surface area contributed by atoms with Crippen LogP contribution >= 0.6 is 0 Å². The largest absolute Gasteiger partial charge is 0.328 e. The lowest BCUT2D eigenvalue weighted by Gasteiger charge is -2.30. The Kier molecular flexibility index (Phi) is 1.82. The van der Waals surface area contributed by atoms with Crippen molar-refractivity contribution in [2.45, 2.75) is 25.3 Å². The Morgan fingerprint density at radius 3 is 2.20 bits per heavy atom. The molecule has 2 nitrogen and oxygen atoms in total. The summed E-state index contributed by atoms with van der Waals surface area (Å²) in [5.74, 6) is 0.443. The summed E-state index contributed by atoms with van der Waals surface area (Å²) in [5, 5.41) is 0. The lowest BCUT2D eigenvalue weighted by atomic mass is 10.2. The van der Waals surface area contributed by atoms with E-state index in [0.717, 1.165) is 23.7 Å². The smallest absolute Gasteiger partial charge is 0.139 e. The fraction of sp³-hybridized carbons (Fsp3) is 0.875. The van der Waals surface area contributed by atoms with E-state index in [4.69, 9.17) is 0 Å². The normalized spacial score (nSPS) is 27.5. The van der Waals surface area contributed by atoms with Crippen molar-refractivity contribution >= 4 is 5.78 Å². The van der Waals surface area contributed by atoms with Crippen LogP contribution in [-0.2, 0) is 4.79 Å². The van der Waals surface area contributed by atoms with E-state index in [1.165, 1.54) is 0 Å². The third-order valence-corrected chi connectivity index (χ3v) is 2.32. The van der Waals surface area contributed by atoms with Crippen molar-refractivity contribution < 1.29 is 9.28 Å². The summed E-state index contributed by atoms with van der Waals surface area (Å²) in [6.45, 7) is 0. The van der Waals surface area contributed by atoms with Crippen LogP contribution in [0.2, 0.25) is 0 Å². The van der Waals surface area contributed by atoms with Crippen LogP contribution in [0.5, 0.6) is 0 Å². The van der Waals surface area contributed by atoms with Gasteiger partial charge in [-0.15, -0.1) is 0 Å². The van der Waals surface area contributed by atoms with Gasteiger partial charge in [0.15, 0.2) is 0 Å². The van der Waals surface area contributed by atoms with Crippen LogP contribution in [0.15, 0.2) is 0 Å². The molecule has 10 heavy (non-hydrogen) atoms. The Hall–Kier alpha value is -0.370. The highest BCUT2D eigenvalue weighted by Crippen LogP contribution is 2.22. The lowest BCUT2D eigenvalue weighted by molar-refractivity contribution is -0.894. The maximum absolute atomic E-state index is 10.9.